The Balaban J connectivity index is 2.09. The molecule has 0 aliphatic heterocycles. The van der Waals surface area contributed by atoms with Gasteiger partial charge in [0.05, 0.1) is 5.69 Å². The van der Waals surface area contributed by atoms with Gasteiger partial charge in [0.2, 0.25) is 5.91 Å². The maximum absolute atomic E-state index is 12.3. The van der Waals surface area contributed by atoms with Gasteiger partial charge in [-0.1, -0.05) is 20.3 Å². The molecule has 0 bridgehead atoms. The second kappa shape index (κ2) is 5.00. The standard InChI is InChI=1S/C14H19BrN2O/c1-9-11(15)6-7-12(16-9)17-13(18)10-5-4-8-14(10,2)3/h6-7,10H,4-5,8H2,1-3H3,(H,16,17,18). The average Bonchev–Trinajstić information content (AvgIpc) is 2.63. The molecule has 1 unspecified atom stereocenters. The Morgan fingerprint density at radius 2 is 2.22 bits per heavy atom. The topological polar surface area (TPSA) is 42.0 Å². The molecule has 1 saturated carbocycles. The quantitative estimate of drug-likeness (QED) is 0.899. The fourth-order valence-corrected chi connectivity index (χ4v) is 2.86. The van der Waals surface area contributed by atoms with Crippen molar-refractivity contribution in [1.29, 1.82) is 0 Å². The van der Waals surface area contributed by atoms with Crippen molar-refractivity contribution in [2.75, 3.05) is 5.32 Å². The van der Waals surface area contributed by atoms with Gasteiger partial charge in [-0.05, 0) is 53.2 Å². The molecule has 2 rings (SSSR count). The second-order valence-corrected chi connectivity index (χ2v) is 6.54. The molecule has 1 amide bonds. The Hall–Kier alpha value is -0.900. The number of rotatable bonds is 2. The fraction of sp³-hybridized carbons (Fsp3) is 0.571. The van der Waals surface area contributed by atoms with E-state index < -0.39 is 0 Å². The van der Waals surface area contributed by atoms with Crippen LogP contribution in [0, 0.1) is 18.3 Å². The molecule has 1 aromatic heterocycles. The summed E-state index contributed by atoms with van der Waals surface area (Å²) in [6, 6.07) is 3.74. The lowest BCUT2D eigenvalue weighted by atomic mass is 9.81. The lowest BCUT2D eigenvalue weighted by Gasteiger charge is -2.25. The third-order valence-corrected chi connectivity index (χ3v) is 4.68. The van der Waals surface area contributed by atoms with Crippen LogP contribution in [0.15, 0.2) is 16.6 Å². The number of amides is 1. The number of pyridine rings is 1. The predicted octanol–water partition coefficient (Wildman–Crippen LogP) is 3.92. The Morgan fingerprint density at radius 3 is 2.78 bits per heavy atom. The highest BCUT2D eigenvalue weighted by molar-refractivity contribution is 9.10. The molecule has 4 heteroatoms. The fourth-order valence-electron chi connectivity index (χ4n) is 2.64. The molecule has 1 N–H and O–H groups in total. The molecule has 1 aromatic rings. The van der Waals surface area contributed by atoms with Crippen molar-refractivity contribution in [1.82, 2.24) is 4.98 Å². The van der Waals surface area contributed by atoms with Crippen molar-refractivity contribution in [2.24, 2.45) is 11.3 Å². The Labute approximate surface area is 117 Å². The number of halogens is 1. The number of aromatic nitrogens is 1. The van der Waals surface area contributed by atoms with Gasteiger partial charge in [-0.2, -0.15) is 0 Å². The molecular formula is C14H19BrN2O. The lowest BCUT2D eigenvalue weighted by molar-refractivity contribution is -0.122. The molecule has 18 heavy (non-hydrogen) atoms. The Morgan fingerprint density at radius 1 is 1.50 bits per heavy atom. The highest BCUT2D eigenvalue weighted by Crippen LogP contribution is 2.42. The first-order valence-corrected chi connectivity index (χ1v) is 7.13. The number of anilines is 1. The number of nitrogens with zero attached hydrogens (tertiary/aromatic N) is 1. The first-order chi connectivity index (χ1) is 8.40. The SMILES string of the molecule is Cc1nc(NC(=O)C2CCCC2(C)C)ccc1Br. The van der Waals surface area contributed by atoms with Crippen molar-refractivity contribution in [3.05, 3.63) is 22.3 Å². The minimum atomic E-state index is 0.100. The summed E-state index contributed by atoms with van der Waals surface area (Å²) < 4.78 is 0.960. The average molecular weight is 311 g/mol. The van der Waals surface area contributed by atoms with E-state index in [1.165, 1.54) is 0 Å². The normalized spacial score (nSPS) is 21.9. The van der Waals surface area contributed by atoms with E-state index in [0.717, 1.165) is 29.4 Å². The van der Waals surface area contributed by atoms with Gasteiger partial charge in [0, 0.05) is 10.4 Å². The maximum Gasteiger partial charge on any atom is 0.229 e. The van der Waals surface area contributed by atoms with E-state index >= 15 is 0 Å². The zero-order valence-electron chi connectivity index (χ0n) is 11.1. The van der Waals surface area contributed by atoms with Gasteiger partial charge in [0.1, 0.15) is 5.82 Å². The predicted molar refractivity (Wildman–Crippen MR) is 76.4 cm³/mol. The number of hydrogen-bond donors (Lipinski definition) is 1. The summed E-state index contributed by atoms with van der Waals surface area (Å²) in [5.41, 5.74) is 0.993. The molecule has 1 atom stereocenters. The van der Waals surface area contributed by atoms with Crippen LogP contribution in [-0.4, -0.2) is 10.9 Å². The van der Waals surface area contributed by atoms with E-state index in [-0.39, 0.29) is 17.2 Å². The highest BCUT2D eigenvalue weighted by atomic mass is 79.9. The highest BCUT2D eigenvalue weighted by Gasteiger charge is 2.39. The molecule has 0 spiro atoms. The third-order valence-electron chi connectivity index (χ3n) is 3.85. The van der Waals surface area contributed by atoms with Crippen molar-refractivity contribution in [2.45, 2.75) is 40.0 Å². The van der Waals surface area contributed by atoms with E-state index in [0.29, 0.717) is 5.82 Å². The minimum absolute atomic E-state index is 0.100. The smallest absolute Gasteiger partial charge is 0.229 e. The number of nitrogens with one attached hydrogen (secondary N) is 1. The third kappa shape index (κ3) is 2.74. The van der Waals surface area contributed by atoms with Crippen molar-refractivity contribution >= 4 is 27.7 Å². The lowest BCUT2D eigenvalue weighted by Crippen LogP contribution is -2.31. The summed E-state index contributed by atoms with van der Waals surface area (Å²) in [6.45, 7) is 6.26. The van der Waals surface area contributed by atoms with E-state index in [2.05, 4.69) is 40.1 Å². The second-order valence-electron chi connectivity index (χ2n) is 5.69. The van der Waals surface area contributed by atoms with E-state index in [9.17, 15) is 4.79 Å². The summed E-state index contributed by atoms with van der Waals surface area (Å²) in [7, 11) is 0. The van der Waals surface area contributed by atoms with E-state index in [4.69, 9.17) is 0 Å². The van der Waals surface area contributed by atoms with Gasteiger partial charge in [-0.15, -0.1) is 0 Å². The first-order valence-electron chi connectivity index (χ1n) is 6.34. The van der Waals surface area contributed by atoms with Crippen LogP contribution in [0.2, 0.25) is 0 Å². The van der Waals surface area contributed by atoms with Gasteiger partial charge in [0.25, 0.3) is 0 Å². The minimum Gasteiger partial charge on any atom is -0.310 e. The van der Waals surface area contributed by atoms with Crippen LogP contribution in [0.25, 0.3) is 0 Å². The van der Waals surface area contributed by atoms with Crippen molar-refractivity contribution in [3.8, 4) is 0 Å². The summed E-state index contributed by atoms with van der Waals surface area (Å²) >= 11 is 3.40. The van der Waals surface area contributed by atoms with Crippen LogP contribution >= 0.6 is 15.9 Å². The van der Waals surface area contributed by atoms with Gasteiger partial charge >= 0.3 is 0 Å². The van der Waals surface area contributed by atoms with Gasteiger partial charge < -0.3 is 5.32 Å². The molecular weight excluding hydrogens is 292 g/mol. The largest absolute Gasteiger partial charge is 0.310 e. The van der Waals surface area contributed by atoms with Crippen LogP contribution in [0.1, 0.15) is 38.8 Å². The van der Waals surface area contributed by atoms with Crippen LogP contribution < -0.4 is 5.32 Å². The number of hydrogen-bond acceptors (Lipinski definition) is 2. The van der Waals surface area contributed by atoms with Gasteiger partial charge in [-0.25, -0.2) is 4.98 Å². The van der Waals surface area contributed by atoms with Crippen LogP contribution in [0.4, 0.5) is 5.82 Å². The number of carbonyl (C=O) groups excluding carboxylic acids is 1. The molecule has 1 heterocycles. The summed E-state index contributed by atoms with van der Waals surface area (Å²) in [4.78, 5) is 16.6. The molecule has 0 radical (unpaired) electrons. The van der Waals surface area contributed by atoms with Crippen LogP contribution in [-0.2, 0) is 4.79 Å². The monoisotopic (exact) mass is 310 g/mol. The zero-order chi connectivity index (χ0) is 13.3. The number of aryl methyl sites for hydroxylation is 1. The molecule has 0 saturated heterocycles. The molecule has 0 aromatic carbocycles. The molecule has 1 aliphatic carbocycles. The van der Waals surface area contributed by atoms with Crippen LogP contribution in [0.3, 0.4) is 0 Å². The maximum atomic E-state index is 12.3. The molecule has 1 fully saturated rings. The Bertz CT molecular complexity index is 471. The zero-order valence-corrected chi connectivity index (χ0v) is 12.7. The van der Waals surface area contributed by atoms with Gasteiger partial charge in [0.15, 0.2) is 0 Å². The number of carbonyl (C=O) groups is 1. The van der Waals surface area contributed by atoms with Crippen LogP contribution in [0.5, 0.6) is 0 Å². The molecule has 3 nitrogen and oxygen atoms in total. The Kier molecular flexibility index (Phi) is 3.76. The van der Waals surface area contributed by atoms with Crippen molar-refractivity contribution < 1.29 is 4.79 Å². The molecule has 98 valence electrons. The van der Waals surface area contributed by atoms with Crippen molar-refractivity contribution in [3.63, 3.8) is 0 Å². The van der Waals surface area contributed by atoms with Gasteiger partial charge in [-0.3, -0.25) is 4.79 Å². The van der Waals surface area contributed by atoms with E-state index in [1.807, 2.05) is 19.1 Å². The summed E-state index contributed by atoms with van der Waals surface area (Å²) in [5.74, 6) is 0.846. The summed E-state index contributed by atoms with van der Waals surface area (Å²) in [5, 5.41) is 2.94. The molecule has 1 aliphatic rings. The summed E-state index contributed by atoms with van der Waals surface area (Å²) in [6.07, 6.45) is 3.24. The van der Waals surface area contributed by atoms with E-state index in [1.54, 1.807) is 0 Å². The first kappa shape index (κ1) is 13.5.